The summed E-state index contributed by atoms with van der Waals surface area (Å²) in [5, 5.41) is 4.41. The Bertz CT molecular complexity index is 1140. The fraction of sp³-hybridized carbons (Fsp3) is 0.150. The molecule has 0 amide bonds. The average molecular weight is 361 g/mol. The van der Waals surface area contributed by atoms with Gasteiger partial charge in [-0.15, -0.1) is 0 Å². The van der Waals surface area contributed by atoms with Gasteiger partial charge in [-0.25, -0.2) is 13.9 Å². The van der Waals surface area contributed by atoms with E-state index in [-0.39, 0.29) is 11.9 Å². The summed E-state index contributed by atoms with van der Waals surface area (Å²) in [6, 6.07) is 6.80. The number of benzene rings is 1. The second-order valence-corrected chi connectivity index (χ2v) is 6.53. The van der Waals surface area contributed by atoms with Gasteiger partial charge in [0, 0.05) is 54.4 Å². The van der Waals surface area contributed by atoms with Gasteiger partial charge < -0.3 is 10.5 Å². The van der Waals surface area contributed by atoms with Crippen LogP contribution in [0.5, 0.6) is 5.75 Å². The van der Waals surface area contributed by atoms with Crippen molar-refractivity contribution in [1.29, 1.82) is 0 Å². The molecule has 0 bridgehead atoms. The molecule has 1 aromatic carbocycles. The number of ether oxygens (including phenoxy) is 1. The lowest BCUT2D eigenvalue weighted by Crippen LogP contribution is -2.24. The summed E-state index contributed by atoms with van der Waals surface area (Å²) >= 11 is 0. The first-order valence-electron chi connectivity index (χ1n) is 8.66. The first-order chi connectivity index (χ1) is 13.2. The standard InChI is InChI=1S/C20H16FN5O/c21-15-5-13-6-16(8-22)27-19(13)17(7-15)18-10-25-26-11-14(9-24-20(18)26)12-1-3-23-4-2-12/h1-5,7,9-11,16H,6,8,22H2. The number of hydrogen-bond donors (Lipinski definition) is 1. The molecule has 1 atom stereocenters. The molecule has 134 valence electrons. The summed E-state index contributed by atoms with van der Waals surface area (Å²) in [5.74, 6) is 0.361. The highest BCUT2D eigenvalue weighted by Gasteiger charge is 2.27. The largest absolute Gasteiger partial charge is 0.488 e. The van der Waals surface area contributed by atoms with Crippen LogP contribution in [0.25, 0.3) is 27.9 Å². The van der Waals surface area contributed by atoms with E-state index < -0.39 is 0 Å². The van der Waals surface area contributed by atoms with Crippen molar-refractivity contribution in [3.8, 4) is 28.0 Å². The Labute approximate surface area is 154 Å². The zero-order chi connectivity index (χ0) is 18.4. The zero-order valence-electron chi connectivity index (χ0n) is 14.3. The molecule has 7 heteroatoms. The highest BCUT2D eigenvalue weighted by Crippen LogP contribution is 2.40. The first kappa shape index (κ1) is 15.9. The van der Waals surface area contributed by atoms with Crippen molar-refractivity contribution in [2.45, 2.75) is 12.5 Å². The van der Waals surface area contributed by atoms with Crippen LogP contribution in [-0.4, -0.2) is 32.2 Å². The molecule has 0 aliphatic carbocycles. The normalized spacial score (nSPS) is 15.7. The minimum atomic E-state index is -0.308. The molecule has 0 saturated carbocycles. The van der Waals surface area contributed by atoms with Crippen molar-refractivity contribution in [3.63, 3.8) is 0 Å². The van der Waals surface area contributed by atoms with Gasteiger partial charge in [0.2, 0.25) is 0 Å². The van der Waals surface area contributed by atoms with E-state index in [1.165, 1.54) is 12.1 Å². The van der Waals surface area contributed by atoms with Gasteiger partial charge in [-0.1, -0.05) is 0 Å². The summed E-state index contributed by atoms with van der Waals surface area (Å²) in [5.41, 5.74) is 10.5. The molecule has 6 nitrogen and oxygen atoms in total. The van der Waals surface area contributed by atoms with Crippen molar-refractivity contribution in [3.05, 3.63) is 66.6 Å². The highest BCUT2D eigenvalue weighted by atomic mass is 19.1. The molecule has 0 spiro atoms. The molecule has 3 aromatic heterocycles. The smallest absolute Gasteiger partial charge is 0.162 e. The van der Waals surface area contributed by atoms with E-state index >= 15 is 0 Å². The predicted molar refractivity (Wildman–Crippen MR) is 98.8 cm³/mol. The van der Waals surface area contributed by atoms with Gasteiger partial charge in [0.25, 0.3) is 0 Å². The van der Waals surface area contributed by atoms with E-state index in [0.717, 1.165) is 22.3 Å². The van der Waals surface area contributed by atoms with Crippen LogP contribution in [0.2, 0.25) is 0 Å². The minimum absolute atomic E-state index is 0.131. The molecule has 4 aromatic rings. The van der Waals surface area contributed by atoms with Gasteiger partial charge >= 0.3 is 0 Å². The molecule has 1 aliphatic heterocycles. The third-order valence-electron chi connectivity index (χ3n) is 4.79. The van der Waals surface area contributed by atoms with Crippen LogP contribution in [0.4, 0.5) is 4.39 Å². The van der Waals surface area contributed by atoms with Gasteiger partial charge in [0.1, 0.15) is 17.7 Å². The molecule has 0 radical (unpaired) electrons. The number of nitrogens with two attached hydrogens (primary N) is 1. The molecule has 27 heavy (non-hydrogen) atoms. The molecule has 0 saturated heterocycles. The van der Waals surface area contributed by atoms with E-state index in [2.05, 4.69) is 15.1 Å². The van der Waals surface area contributed by atoms with Crippen molar-refractivity contribution >= 4 is 5.65 Å². The van der Waals surface area contributed by atoms with Crippen LogP contribution in [0.1, 0.15) is 5.56 Å². The third kappa shape index (κ3) is 2.63. The van der Waals surface area contributed by atoms with E-state index in [1.54, 1.807) is 29.3 Å². The number of rotatable bonds is 3. The average Bonchev–Trinajstić information content (AvgIpc) is 3.31. The predicted octanol–water partition coefficient (Wildman–Crippen LogP) is 2.86. The van der Waals surface area contributed by atoms with Crippen LogP contribution in [0.15, 0.2) is 55.2 Å². The maximum Gasteiger partial charge on any atom is 0.162 e. The van der Waals surface area contributed by atoms with Crippen LogP contribution < -0.4 is 10.5 Å². The second-order valence-electron chi connectivity index (χ2n) is 6.53. The number of pyridine rings is 1. The van der Waals surface area contributed by atoms with Crippen LogP contribution in [0, 0.1) is 5.82 Å². The van der Waals surface area contributed by atoms with Crippen molar-refractivity contribution in [2.24, 2.45) is 5.73 Å². The fourth-order valence-electron chi connectivity index (χ4n) is 3.48. The Morgan fingerprint density at radius 2 is 2.00 bits per heavy atom. The molecule has 5 rings (SSSR count). The summed E-state index contributed by atoms with van der Waals surface area (Å²) < 4.78 is 21.8. The lowest BCUT2D eigenvalue weighted by Gasteiger charge is -2.10. The van der Waals surface area contributed by atoms with Crippen molar-refractivity contribution in [1.82, 2.24) is 19.6 Å². The summed E-state index contributed by atoms with van der Waals surface area (Å²) in [7, 11) is 0. The molecule has 1 unspecified atom stereocenters. The van der Waals surface area contributed by atoms with Gasteiger partial charge in [-0.2, -0.15) is 5.10 Å². The van der Waals surface area contributed by atoms with E-state index in [0.29, 0.717) is 29.9 Å². The first-order valence-corrected chi connectivity index (χ1v) is 8.66. The minimum Gasteiger partial charge on any atom is -0.488 e. The van der Waals surface area contributed by atoms with Gasteiger partial charge in [-0.05, 0) is 29.8 Å². The monoisotopic (exact) mass is 361 g/mol. The summed E-state index contributed by atoms with van der Waals surface area (Å²) in [6.45, 7) is 0.387. The summed E-state index contributed by atoms with van der Waals surface area (Å²) in [4.78, 5) is 8.60. The Morgan fingerprint density at radius 3 is 2.81 bits per heavy atom. The SMILES string of the molecule is NCC1Cc2cc(F)cc(-c3cnn4cc(-c5ccncc5)cnc34)c2O1. The Balaban J connectivity index is 1.63. The topological polar surface area (TPSA) is 78.3 Å². The van der Waals surface area contributed by atoms with E-state index in [4.69, 9.17) is 10.5 Å². The number of aromatic nitrogens is 4. The van der Waals surface area contributed by atoms with Crippen molar-refractivity contribution in [2.75, 3.05) is 6.54 Å². The maximum atomic E-state index is 14.2. The highest BCUT2D eigenvalue weighted by molar-refractivity contribution is 5.83. The number of fused-ring (bicyclic) bond motifs is 2. The zero-order valence-corrected chi connectivity index (χ0v) is 14.3. The van der Waals surface area contributed by atoms with Crippen LogP contribution >= 0.6 is 0 Å². The van der Waals surface area contributed by atoms with E-state index in [1.807, 2.05) is 18.3 Å². The van der Waals surface area contributed by atoms with Gasteiger partial charge in [0.05, 0.1) is 11.8 Å². The molecule has 2 N–H and O–H groups in total. The second kappa shape index (κ2) is 6.14. The number of halogens is 1. The molecule has 1 aliphatic rings. The van der Waals surface area contributed by atoms with Crippen LogP contribution in [0.3, 0.4) is 0 Å². The number of nitrogens with zero attached hydrogens (tertiary/aromatic N) is 4. The lowest BCUT2D eigenvalue weighted by molar-refractivity contribution is 0.242. The maximum absolute atomic E-state index is 14.2. The molecule has 0 fully saturated rings. The Kier molecular flexibility index (Phi) is 3.61. The van der Waals surface area contributed by atoms with Gasteiger partial charge in [0.15, 0.2) is 5.65 Å². The van der Waals surface area contributed by atoms with Gasteiger partial charge in [-0.3, -0.25) is 4.98 Å². The molecular weight excluding hydrogens is 345 g/mol. The Morgan fingerprint density at radius 1 is 1.15 bits per heavy atom. The Hall–Kier alpha value is -3.32. The molecule has 4 heterocycles. The van der Waals surface area contributed by atoms with E-state index in [9.17, 15) is 4.39 Å². The molecular formula is C20H16FN5O. The quantitative estimate of drug-likeness (QED) is 0.607. The van der Waals surface area contributed by atoms with Crippen molar-refractivity contribution < 1.29 is 9.13 Å². The third-order valence-corrected chi connectivity index (χ3v) is 4.79. The lowest BCUT2D eigenvalue weighted by atomic mass is 10.0. The van der Waals surface area contributed by atoms with Crippen LogP contribution in [-0.2, 0) is 6.42 Å². The summed E-state index contributed by atoms with van der Waals surface area (Å²) in [6.07, 6.45) is 9.30. The fourth-order valence-corrected chi connectivity index (χ4v) is 3.48. The number of hydrogen-bond acceptors (Lipinski definition) is 5.